The molecule has 0 atom stereocenters. The van der Waals surface area contributed by atoms with E-state index in [-0.39, 0.29) is 30.4 Å². The molecule has 114 valence electrons. The number of ether oxygens (including phenoxy) is 2. The molecule has 1 rings (SSSR count). The maximum atomic E-state index is 11.4. The molecule has 0 bridgehead atoms. The minimum absolute atomic E-state index is 0.0201. The van der Waals surface area contributed by atoms with Crippen LogP contribution >= 0.6 is 11.8 Å². The van der Waals surface area contributed by atoms with Crippen molar-refractivity contribution in [2.24, 2.45) is 0 Å². The van der Waals surface area contributed by atoms with E-state index in [4.69, 9.17) is 4.74 Å². The standard InChI is InChI=1S/C14H17NO5S/c1-19-12(16)10-21-13(17)7-8-15-14(18)20-9-11-5-3-2-4-6-11/h2-6H,7-10H2,1H3,(H,15,18). The molecule has 1 N–H and O–H groups in total. The summed E-state index contributed by atoms with van der Waals surface area (Å²) >= 11 is 0.865. The predicted octanol–water partition coefficient (Wildman–Crippen LogP) is 1.74. The van der Waals surface area contributed by atoms with Crippen LogP contribution in [0.3, 0.4) is 0 Å². The lowest BCUT2D eigenvalue weighted by Crippen LogP contribution is -2.26. The van der Waals surface area contributed by atoms with Crippen LogP contribution in [0.2, 0.25) is 0 Å². The second-order valence-corrected chi connectivity index (χ2v) is 5.01. The normalized spacial score (nSPS) is 9.76. The van der Waals surface area contributed by atoms with Crippen LogP contribution in [-0.2, 0) is 25.7 Å². The van der Waals surface area contributed by atoms with Crippen molar-refractivity contribution in [3.63, 3.8) is 0 Å². The third-order valence-electron chi connectivity index (χ3n) is 2.39. The van der Waals surface area contributed by atoms with Gasteiger partial charge in [0.1, 0.15) is 6.61 Å². The van der Waals surface area contributed by atoms with Gasteiger partial charge in [-0.05, 0) is 5.56 Å². The molecule has 1 aromatic carbocycles. The number of thioether (sulfide) groups is 1. The third-order valence-corrected chi connectivity index (χ3v) is 3.30. The Morgan fingerprint density at radius 2 is 1.90 bits per heavy atom. The number of benzene rings is 1. The highest BCUT2D eigenvalue weighted by Crippen LogP contribution is 2.05. The van der Waals surface area contributed by atoms with Crippen LogP contribution < -0.4 is 5.32 Å². The number of methoxy groups -OCH3 is 1. The quantitative estimate of drug-likeness (QED) is 0.772. The molecule has 1 amide bonds. The van der Waals surface area contributed by atoms with E-state index < -0.39 is 12.1 Å². The number of hydrogen-bond donors (Lipinski definition) is 1. The summed E-state index contributed by atoms with van der Waals surface area (Å²) < 4.78 is 9.40. The van der Waals surface area contributed by atoms with Gasteiger partial charge in [0.2, 0.25) is 0 Å². The van der Waals surface area contributed by atoms with Gasteiger partial charge in [0.05, 0.1) is 12.9 Å². The van der Waals surface area contributed by atoms with E-state index in [9.17, 15) is 14.4 Å². The van der Waals surface area contributed by atoms with Crippen LogP contribution in [0.4, 0.5) is 4.79 Å². The van der Waals surface area contributed by atoms with Gasteiger partial charge in [-0.15, -0.1) is 0 Å². The van der Waals surface area contributed by atoms with Crippen LogP contribution in [0.5, 0.6) is 0 Å². The number of nitrogens with one attached hydrogen (secondary N) is 1. The first-order valence-electron chi connectivity index (χ1n) is 6.29. The number of esters is 1. The first-order chi connectivity index (χ1) is 10.1. The SMILES string of the molecule is COC(=O)CSC(=O)CCNC(=O)OCc1ccccc1. The Morgan fingerprint density at radius 1 is 1.19 bits per heavy atom. The lowest BCUT2D eigenvalue weighted by molar-refractivity contribution is -0.137. The molecule has 6 nitrogen and oxygen atoms in total. The molecule has 0 unspecified atom stereocenters. The summed E-state index contributed by atoms with van der Waals surface area (Å²) in [6, 6.07) is 9.28. The molecule has 0 aliphatic heterocycles. The fourth-order valence-corrected chi connectivity index (χ4v) is 1.95. The highest BCUT2D eigenvalue weighted by molar-refractivity contribution is 8.14. The Bertz CT molecular complexity index is 478. The Kier molecular flexibility index (Phi) is 7.96. The number of amides is 1. The van der Waals surface area contributed by atoms with Gasteiger partial charge in [0, 0.05) is 13.0 Å². The summed E-state index contributed by atoms with van der Waals surface area (Å²) in [4.78, 5) is 33.6. The molecule has 0 aliphatic carbocycles. The summed E-state index contributed by atoms with van der Waals surface area (Å²) in [6.07, 6.45) is -0.452. The van der Waals surface area contributed by atoms with Crippen LogP contribution in [0.15, 0.2) is 30.3 Å². The monoisotopic (exact) mass is 311 g/mol. The topological polar surface area (TPSA) is 81.7 Å². The van der Waals surface area contributed by atoms with E-state index in [1.807, 2.05) is 30.3 Å². The minimum atomic E-state index is -0.579. The molecule has 1 aromatic rings. The number of alkyl carbamates (subject to hydrolysis) is 1. The van der Waals surface area contributed by atoms with Crippen molar-refractivity contribution in [3.8, 4) is 0 Å². The summed E-state index contributed by atoms with van der Waals surface area (Å²) in [7, 11) is 1.26. The minimum Gasteiger partial charge on any atom is -0.468 e. The first-order valence-corrected chi connectivity index (χ1v) is 7.27. The van der Waals surface area contributed by atoms with Crippen molar-refractivity contribution in [1.29, 1.82) is 0 Å². The molecular formula is C14H17NO5S. The molecule has 7 heteroatoms. The molecule has 0 saturated carbocycles. The second-order valence-electron chi connectivity index (χ2n) is 3.98. The van der Waals surface area contributed by atoms with Gasteiger partial charge in [0.15, 0.2) is 5.12 Å². The summed E-state index contributed by atoms with van der Waals surface area (Å²) in [6.45, 7) is 0.346. The van der Waals surface area contributed by atoms with Gasteiger partial charge in [-0.3, -0.25) is 9.59 Å². The Balaban J connectivity index is 2.10. The molecule has 0 heterocycles. The Morgan fingerprint density at radius 3 is 2.57 bits per heavy atom. The molecule has 0 aliphatic rings. The number of carbonyl (C=O) groups excluding carboxylic acids is 3. The van der Waals surface area contributed by atoms with Crippen LogP contribution in [0.1, 0.15) is 12.0 Å². The third kappa shape index (κ3) is 7.98. The van der Waals surface area contributed by atoms with Crippen molar-refractivity contribution in [2.45, 2.75) is 13.0 Å². The van der Waals surface area contributed by atoms with E-state index >= 15 is 0 Å². The molecule has 0 fully saturated rings. The van der Waals surface area contributed by atoms with Gasteiger partial charge in [-0.1, -0.05) is 42.1 Å². The lowest BCUT2D eigenvalue weighted by Gasteiger charge is -2.06. The summed E-state index contributed by atoms with van der Waals surface area (Å²) in [5.74, 6) is -0.475. The van der Waals surface area contributed by atoms with Gasteiger partial charge in [-0.25, -0.2) is 4.79 Å². The first kappa shape index (κ1) is 17.0. The average Bonchev–Trinajstić information content (AvgIpc) is 2.51. The van der Waals surface area contributed by atoms with Crippen molar-refractivity contribution >= 4 is 28.9 Å². The van der Waals surface area contributed by atoms with E-state index in [2.05, 4.69) is 10.1 Å². The van der Waals surface area contributed by atoms with E-state index in [0.717, 1.165) is 17.3 Å². The summed E-state index contributed by atoms with van der Waals surface area (Å²) in [5.41, 5.74) is 0.886. The van der Waals surface area contributed by atoms with Crippen LogP contribution in [-0.4, -0.2) is 36.6 Å². The summed E-state index contributed by atoms with van der Waals surface area (Å²) in [5, 5.41) is 2.28. The number of rotatable bonds is 7. The number of hydrogen-bond acceptors (Lipinski definition) is 6. The van der Waals surface area contributed by atoms with Crippen LogP contribution in [0.25, 0.3) is 0 Å². The average molecular weight is 311 g/mol. The Hall–Kier alpha value is -2.02. The maximum absolute atomic E-state index is 11.4. The highest BCUT2D eigenvalue weighted by Gasteiger charge is 2.08. The molecular weight excluding hydrogens is 294 g/mol. The van der Waals surface area contributed by atoms with E-state index in [0.29, 0.717) is 0 Å². The fraction of sp³-hybridized carbons (Fsp3) is 0.357. The van der Waals surface area contributed by atoms with E-state index in [1.165, 1.54) is 7.11 Å². The highest BCUT2D eigenvalue weighted by atomic mass is 32.2. The molecule has 0 saturated heterocycles. The predicted molar refractivity (Wildman–Crippen MR) is 78.7 cm³/mol. The fourth-order valence-electron chi connectivity index (χ4n) is 1.31. The van der Waals surface area contributed by atoms with Gasteiger partial charge in [0.25, 0.3) is 0 Å². The van der Waals surface area contributed by atoms with Crippen molar-refractivity contribution in [3.05, 3.63) is 35.9 Å². The largest absolute Gasteiger partial charge is 0.468 e. The van der Waals surface area contributed by atoms with Gasteiger partial charge in [-0.2, -0.15) is 0 Å². The van der Waals surface area contributed by atoms with Crippen molar-refractivity contribution in [1.82, 2.24) is 5.32 Å². The molecule has 21 heavy (non-hydrogen) atoms. The zero-order valence-electron chi connectivity index (χ0n) is 11.7. The maximum Gasteiger partial charge on any atom is 0.407 e. The van der Waals surface area contributed by atoms with Gasteiger partial charge >= 0.3 is 12.1 Å². The van der Waals surface area contributed by atoms with E-state index in [1.54, 1.807) is 0 Å². The second kappa shape index (κ2) is 9.82. The molecule has 0 aromatic heterocycles. The smallest absolute Gasteiger partial charge is 0.407 e. The molecule has 0 radical (unpaired) electrons. The number of carbonyl (C=O) groups is 3. The lowest BCUT2D eigenvalue weighted by atomic mass is 10.2. The van der Waals surface area contributed by atoms with Crippen molar-refractivity contribution in [2.75, 3.05) is 19.4 Å². The molecule has 0 spiro atoms. The van der Waals surface area contributed by atoms with Crippen LogP contribution in [0, 0.1) is 0 Å². The van der Waals surface area contributed by atoms with Crippen molar-refractivity contribution < 1.29 is 23.9 Å². The zero-order chi connectivity index (χ0) is 15.5. The van der Waals surface area contributed by atoms with Gasteiger partial charge < -0.3 is 14.8 Å². The zero-order valence-corrected chi connectivity index (χ0v) is 12.5. The Labute approximate surface area is 127 Å².